The second-order valence-corrected chi connectivity index (χ2v) is 4.04. The van der Waals surface area contributed by atoms with E-state index in [4.69, 9.17) is 5.11 Å². The zero-order valence-corrected chi connectivity index (χ0v) is 8.69. The Morgan fingerprint density at radius 1 is 1.53 bits per heavy atom. The van der Waals surface area contributed by atoms with Crippen molar-refractivity contribution in [2.75, 3.05) is 19.6 Å². The van der Waals surface area contributed by atoms with Crippen LogP contribution in [0.5, 0.6) is 0 Å². The molecule has 1 aliphatic rings. The molecule has 0 spiro atoms. The molecule has 1 rings (SSSR count). The van der Waals surface area contributed by atoms with Crippen LogP contribution in [0.1, 0.15) is 19.8 Å². The number of rotatable bonds is 3. The zero-order valence-electron chi connectivity index (χ0n) is 8.69. The smallest absolute Gasteiger partial charge is 0.317 e. The number of nitrogens with one attached hydrogen (secondary N) is 1. The highest BCUT2D eigenvalue weighted by Crippen LogP contribution is 2.19. The van der Waals surface area contributed by atoms with Crippen LogP contribution in [-0.4, -0.2) is 52.3 Å². The molecule has 6 heteroatoms. The molecule has 1 atom stereocenters. The van der Waals surface area contributed by atoms with E-state index in [1.54, 1.807) is 6.92 Å². The number of urea groups is 1. The van der Waals surface area contributed by atoms with Crippen molar-refractivity contribution in [3.8, 4) is 0 Å². The SMILES string of the molecule is CC1(O)CCN(C(=O)NCCC(=O)O)C1. The number of β-amino-alcohol motifs (C(OH)–C–C–N with tert-alkyl or cyclic N) is 1. The summed E-state index contributed by atoms with van der Waals surface area (Å²) >= 11 is 0. The fourth-order valence-electron chi connectivity index (χ4n) is 1.51. The maximum absolute atomic E-state index is 11.4. The number of likely N-dealkylation sites (tertiary alicyclic amines) is 1. The summed E-state index contributed by atoms with van der Waals surface area (Å²) in [6, 6.07) is -0.311. The van der Waals surface area contributed by atoms with Crippen molar-refractivity contribution in [3.63, 3.8) is 0 Å². The van der Waals surface area contributed by atoms with Crippen LogP contribution in [-0.2, 0) is 4.79 Å². The summed E-state index contributed by atoms with van der Waals surface area (Å²) in [7, 11) is 0. The molecular weight excluding hydrogens is 200 g/mol. The summed E-state index contributed by atoms with van der Waals surface area (Å²) in [6.07, 6.45) is 0.468. The number of carboxylic acid groups (broad SMARTS) is 1. The molecule has 0 radical (unpaired) electrons. The third-order valence-corrected chi connectivity index (χ3v) is 2.35. The molecule has 0 aliphatic carbocycles. The number of nitrogens with zero attached hydrogens (tertiary/aromatic N) is 1. The van der Waals surface area contributed by atoms with Crippen LogP contribution < -0.4 is 5.32 Å². The summed E-state index contributed by atoms with van der Waals surface area (Å²) in [5, 5.41) is 20.5. The molecule has 1 aliphatic heterocycles. The number of carbonyl (C=O) groups excluding carboxylic acids is 1. The molecule has 6 nitrogen and oxygen atoms in total. The minimum atomic E-state index is -0.941. The standard InChI is InChI=1S/C9H16N2O4/c1-9(15)3-5-11(6-9)8(14)10-4-2-7(12)13/h15H,2-6H2,1H3,(H,10,14)(H,12,13). The molecule has 1 unspecified atom stereocenters. The Morgan fingerprint density at radius 3 is 2.67 bits per heavy atom. The van der Waals surface area contributed by atoms with Crippen molar-refractivity contribution in [2.45, 2.75) is 25.4 Å². The normalized spacial score (nSPS) is 25.3. The average Bonchev–Trinajstić information content (AvgIpc) is 2.45. The summed E-state index contributed by atoms with van der Waals surface area (Å²) < 4.78 is 0. The molecule has 1 heterocycles. The second-order valence-electron chi connectivity index (χ2n) is 4.04. The van der Waals surface area contributed by atoms with Gasteiger partial charge in [-0.25, -0.2) is 4.79 Å². The quantitative estimate of drug-likeness (QED) is 0.600. The molecule has 0 aromatic carbocycles. The molecule has 1 fully saturated rings. The Kier molecular flexibility index (Phi) is 3.52. The number of hydrogen-bond acceptors (Lipinski definition) is 3. The van der Waals surface area contributed by atoms with Crippen LogP contribution in [0.25, 0.3) is 0 Å². The van der Waals surface area contributed by atoms with Gasteiger partial charge in [0.15, 0.2) is 0 Å². The minimum Gasteiger partial charge on any atom is -0.481 e. The molecule has 0 saturated carbocycles. The van der Waals surface area contributed by atoms with Gasteiger partial charge < -0.3 is 20.4 Å². The molecule has 0 aromatic heterocycles. The van der Waals surface area contributed by atoms with E-state index in [0.29, 0.717) is 19.5 Å². The monoisotopic (exact) mass is 216 g/mol. The first-order valence-corrected chi connectivity index (χ1v) is 4.88. The van der Waals surface area contributed by atoms with E-state index in [-0.39, 0.29) is 19.0 Å². The number of amides is 2. The van der Waals surface area contributed by atoms with Gasteiger partial charge in [-0.05, 0) is 13.3 Å². The number of carbonyl (C=O) groups is 2. The molecule has 0 aromatic rings. The van der Waals surface area contributed by atoms with E-state index in [2.05, 4.69) is 5.32 Å². The van der Waals surface area contributed by atoms with Crippen molar-refractivity contribution >= 4 is 12.0 Å². The fourth-order valence-corrected chi connectivity index (χ4v) is 1.51. The van der Waals surface area contributed by atoms with Gasteiger partial charge in [0.1, 0.15) is 0 Å². The van der Waals surface area contributed by atoms with Crippen molar-refractivity contribution in [1.29, 1.82) is 0 Å². The van der Waals surface area contributed by atoms with Crippen LogP contribution in [0.2, 0.25) is 0 Å². The molecule has 3 N–H and O–H groups in total. The highest BCUT2D eigenvalue weighted by Gasteiger charge is 2.33. The van der Waals surface area contributed by atoms with Gasteiger partial charge in [-0.3, -0.25) is 4.79 Å². The van der Waals surface area contributed by atoms with Crippen molar-refractivity contribution in [2.24, 2.45) is 0 Å². The largest absolute Gasteiger partial charge is 0.481 e. The number of aliphatic hydroxyl groups is 1. The zero-order chi connectivity index (χ0) is 11.5. The van der Waals surface area contributed by atoms with Crippen molar-refractivity contribution in [3.05, 3.63) is 0 Å². The number of hydrogen-bond donors (Lipinski definition) is 3. The average molecular weight is 216 g/mol. The van der Waals surface area contributed by atoms with E-state index in [9.17, 15) is 14.7 Å². The Labute approximate surface area is 87.9 Å². The van der Waals surface area contributed by atoms with Gasteiger partial charge in [-0.1, -0.05) is 0 Å². The highest BCUT2D eigenvalue weighted by molar-refractivity contribution is 5.75. The van der Waals surface area contributed by atoms with Crippen LogP contribution in [0.3, 0.4) is 0 Å². The van der Waals surface area contributed by atoms with Gasteiger partial charge in [0, 0.05) is 13.1 Å². The first-order valence-electron chi connectivity index (χ1n) is 4.88. The van der Waals surface area contributed by atoms with Crippen LogP contribution in [0, 0.1) is 0 Å². The molecule has 2 amide bonds. The Balaban J connectivity index is 2.27. The summed E-state index contributed by atoms with van der Waals surface area (Å²) in [5.74, 6) is -0.941. The van der Waals surface area contributed by atoms with Crippen molar-refractivity contribution < 1.29 is 19.8 Å². The maximum Gasteiger partial charge on any atom is 0.317 e. The maximum atomic E-state index is 11.4. The fraction of sp³-hybridized carbons (Fsp3) is 0.778. The first kappa shape index (κ1) is 11.8. The van der Waals surface area contributed by atoms with E-state index in [1.165, 1.54) is 4.90 Å². The predicted molar refractivity (Wildman–Crippen MR) is 52.5 cm³/mol. The topological polar surface area (TPSA) is 89.9 Å². The van der Waals surface area contributed by atoms with E-state index < -0.39 is 11.6 Å². The minimum absolute atomic E-state index is 0.0873. The third kappa shape index (κ3) is 3.75. The van der Waals surface area contributed by atoms with E-state index in [0.717, 1.165) is 0 Å². The Bertz CT molecular complexity index is 265. The molecule has 1 saturated heterocycles. The predicted octanol–water partition coefficient (Wildman–Crippen LogP) is -0.373. The van der Waals surface area contributed by atoms with Crippen LogP contribution in [0.4, 0.5) is 4.79 Å². The summed E-state index contributed by atoms with van der Waals surface area (Å²) in [6.45, 7) is 2.60. The van der Waals surface area contributed by atoms with Gasteiger partial charge in [-0.2, -0.15) is 0 Å². The first-order chi connectivity index (χ1) is 6.91. The van der Waals surface area contributed by atoms with Gasteiger partial charge >= 0.3 is 12.0 Å². The van der Waals surface area contributed by atoms with E-state index in [1.807, 2.05) is 0 Å². The third-order valence-electron chi connectivity index (χ3n) is 2.35. The van der Waals surface area contributed by atoms with Gasteiger partial charge in [0.2, 0.25) is 0 Å². The lowest BCUT2D eigenvalue weighted by Crippen LogP contribution is -2.41. The lowest BCUT2D eigenvalue weighted by atomic mass is 10.1. The lowest BCUT2D eigenvalue weighted by Gasteiger charge is -2.19. The van der Waals surface area contributed by atoms with Gasteiger partial charge in [0.25, 0.3) is 0 Å². The van der Waals surface area contributed by atoms with Gasteiger partial charge in [0.05, 0.1) is 18.6 Å². The Hall–Kier alpha value is -1.30. The molecule has 15 heavy (non-hydrogen) atoms. The molecular formula is C9H16N2O4. The second kappa shape index (κ2) is 4.48. The highest BCUT2D eigenvalue weighted by atomic mass is 16.4. The Morgan fingerprint density at radius 2 is 2.20 bits per heavy atom. The van der Waals surface area contributed by atoms with Gasteiger partial charge in [-0.15, -0.1) is 0 Å². The van der Waals surface area contributed by atoms with Crippen LogP contribution in [0.15, 0.2) is 0 Å². The van der Waals surface area contributed by atoms with Crippen molar-refractivity contribution in [1.82, 2.24) is 10.2 Å². The lowest BCUT2D eigenvalue weighted by molar-refractivity contribution is -0.136. The number of aliphatic carboxylic acids is 1. The molecule has 86 valence electrons. The molecule has 0 bridgehead atoms. The number of carboxylic acids is 1. The van der Waals surface area contributed by atoms with E-state index >= 15 is 0 Å². The summed E-state index contributed by atoms with van der Waals surface area (Å²) in [5.41, 5.74) is -0.815. The van der Waals surface area contributed by atoms with Crippen LogP contribution >= 0.6 is 0 Å². The summed E-state index contributed by atoms with van der Waals surface area (Å²) in [4.78, 5) is 23.1.